The third-order valence-corrected chi connectivity index (χ3v) is 4.93. The Kier molecular flexibility index (Phi) is 6.66. The van der Waals surface area contributed by atoms with Gasteiger partial charge < -0.3 is 16.0 Å². The van der Waals surface area contributed by atoms with Crippen LogP contribution in [0.5, 0.6) is 0 Å². The molecule has 0 heterocycles. The van der Waals surface area contributed by atoms with E-state index in [2.05, 4.69) is 16.0 Å². The van der Waals surface area contributed by atoms with Crippen molar-refractivity contribution in [2.75, 3.05) is 20.9 Å². The Morgan fingerprint density at radius 2 is 1.15 bits per heavy atom. The molecular weight excluding hydrogens is 412 g/mol. The molecule has 164 valence electrons. The van der Waals surface area contributed by atoms with Crippen LogP contribution in [0.1, 0.15) is 5.56 Å². The summed E-state index contributed by atoms with van der Waals surface area (Å²) in [5.74, 6) is 0. The summed E-state index contributed by atoms with van der Waals surface area (Å²) in [7, 11) is 0. The number of amides is 4. The highest BCUT2D eigenvalue weighted by Crippen LogP contribution is 2.29. The van der Waals surface area contributed by atoms with Crippen molar-refractivity contribution in [3.63, 3.8) is 0 Å². The van der Waals surface area contributed by atoms with Crippen LogP contribution >= 0.6 is 0 Å². The van der Waals surface area contributed by atoms with E-state index in [1.165, 1.54) is 0 Å². The monoisotopic (exact) mass is 436 g/mol. The number of nitrogens with zero attached hydrogens (tertiary/aromatic N) is 1. The summed E-state index contributed by atoms with van der Waals surface area (Å²) < 4.78 is 0. The van der Waals surface area contributed by atoms with E-state index in [4.69, 9.17) is 0 Å². The largest absolute Gasteiger partial charge is 0.331 e. The van der Waals surface area contributed by atoms with Crippen LogP contribution in [0.2, 0.25) is 0 Å². The van der Waals surface area contributed by atoms with Crippen molar-refractivity contribution in [1.29, 1.82) is 0 Å². The van der Waals surface area contributed by atoms with Gasteiger partial charge >= 0.3 is 12.1 Å². The van der Waals surface area contributed by atoms with Gasteiger partial charge in [-0.25, -0.2) is 9.59 Å². The van der Waals surface area contributed by atoms with Gasteiger partial charge in [0.1, 0.15) is 0 Å². The number of anilines is 5. The Hall–Kier alpha value is -4.58. The van der Waals surface area contributed by atoms with E-state index in [1.807, 2.05) is 97.9 Å². The summed E-state index contributed by atoms with van der Waals surface area (Å²) in [4.78, 5) is 27.6. The van der Waals surface area contributed by atoms with Gasteiger partial charge in [-0.3, -0.25) is 4.90 Å². The summed E-state index contributed by atoms with van der Waals surface area (Å²) in [5.41, 5.74) is 4.07. The molecule has 0 bridgehead atoms. The van der Waals surface area contributed by atoms with Crippen molar-refractivity contribution in [3.8, 4) is 0 Å². The Balaban J connectivity index is 1.58. The third-order valence-electron chi connectivity index (χ3n) is 4.93. The zero-order chi connectivity index (χ0) is 23.0. The summed E-state index contributed by atoms with van der Waals surface area (Å²) in [6, 6.07) is 32.7. The molecule has 3 N–H and O–H groups in total. The standard InChI is InChI=1S/C27H24N4O2/c1-20-17-18-24(25(19-20)29-26(32)28-21-11-5-2-6-12-21)30-27(33)31(22-13-7-3-8-14-22)23-15-9-4-10-16-23/h2-19H,1H3,(H,30,33)(H2,28,29,32). The highest BCUT2D eigenvalue weighted by Gasteiger charge is 2.19. The van der Waals surface area contributed by atoms with Crippen molar-refractivity contribution in [2.24, 2.45) is 0 Å². The molecule has 0 radical (unpaired) electrons. The minimum absolute atomic E-state index is 0.345. The first-order chi connectivity index (χ1) is 16.1. The van der Waals surface area contributed by atoms with E-state index >= 15 is 0 Å². The molecule has 0 fully saturated rings. The number of urea groups is 2. The maximum atomic E-state index is 13.4. The van der Waals surface area contributed by atoms with Gasteiger partial charge in [0.2, 0.25) is 0 Å². The molecule has 0 aliphatic heterocycles. The van der Waals surface area contributed by atoms with Crippen LogP contribution in [-0.2, 0) is 0 Å². The normalized spacial score (nSPS) is 10.2. The predicted molar refractivity (Wildman–Crippen MR) is 134 cm³/mol. The zero-order valence-corrected chi connectivity index (χ0v) is 18.2. The van der Waals surface area contributed by atoms with E-state index < -0.39 is 6.03 Å². The number of nitrogens with one attached hydrogen (secondary N) is 3. The average Bonchev–Trinajstić information content (AvgIpc) is 2.83. The molecule has 33 heavy (non-hydrogen) atoms. The molecule has 0 saturated heterocycles. The first kappa shape index (κ1) is 21.6. The van der Waals surface area contributed by atoms with Crippen LogP contribution in [0.25, 0.3) is 0 Å². The Labute approximate surface area is 192 Å². The van der Waals surface area contributed by atoms with E-state index in [-0.39, 0.29) is 6.03 Å². The van der Waals surface area contributed by atoms with Crippen molar-refractivity contribution in [1.82, 2.24) is 0 Å². The molecule has 0 saturated carbocycles. The summed E-state index contributed by atoms with van der Waals surface area (Å²) in [6.45, 7) is 1.92. The number of hydrogen-bond acceptors (Lipinski definition) is 2. The Bertz CT molecular complexity index is 1190. The number of carbonyl (C=O) groups excluding carboxylic acids is 2. The lowest BCUT2D eigenvalue weighted by Crippen LogP contribution is -2.31. The molecule has 0 aromatic heterocycles. The number of carbonyl (C=O) groups is 2. The van der Waals surface area contributed by atoms with Gasteiger partial charge in [0.05, 0.1) is 22.7 Å². The quantitative estimate of drug-likeness (QED) is 0.315. The van der Waals surface area contributed by atoms with Gasteiger partial charge in [-0.05, 0) is 61.0 Å². The van der Waals surface area contributed by atoms with Crippen LogP contribution < -0.4 is 20.9 Å². The fourth-order valence-corrected chi connectivity index (χ4v) is 3.39. The first-order valence-corrected chi connectivity index (χ1v) is 10.5. The van der Waals surface area contributed by atoms with Gasteiger partial charge in [0.25, 0.3) is 0 Å². The molecule has 4 rings (SSSR count). The SMILES string of the molecule is Cc1ccc(NC(=O)N(c2ccccc2)c2ccccc2)c(NC(=O)Nc2ccccc2)c1. The van der Waals surface area contributed by atoms with Crippen molar-refractivity contribution < 1.29 is 9.59 Å². The number of aryl methyl sites for hydroxylation is 1. The summed E-state index contributed by atoms with van der Waals surface area (Å²) in [5, 5.41) is 8.58. The lowest BCUT2D eigenvalue weighted by molar-refractivity contribution is 0.258. The van der Waals surface area contributed by atoms with Gasteiger partial charge in [-0.15, -0.1) is 0 Å². The highest BCUT2D eigenvalue weighted by molar-refractivity contribution is 6.10. The van der Waals surface area contributed by atoms with Crippen LogP contribution in [0.4, 0.5) is 38.0 Å². The lowest BCUT2D eigenvalue weighted by Gasteiger charge is -2.24. The maximum absolute atomic E-state index is 13.4. The molecule has 0 aliphatic carbocycles. The molecule has 0 spiro atoms. The van der Waals surface area contributed by atoms with Gasteiger partial charge in [-0.2, -0.15) is 0 Å². The first-order valence-electron chi connectivity index (χ1n) is 10.5. The Morgan fingerprint density at radius 3 is 1.73 bits per heavy atom. The van der Waals surface area contributed by atoms with E-state index in [9.17, 15) is 9.59 Å². The number of benzene rings is 4. The fraction of sp³-hybridized carbons (Fsp3) is 0.0370. The molecule has 4 aromatic carbocycles. The van der Waals surface area contributed by atoms with E-state index in [0.29, 0.717) is 17.1 Å². The predicted octanol–water partition coefficient (Wildman–Crippen LogP) is 7.01. The molecule has 0 unspecified atom stereocenters. The smallest absolute Gasteiger partial charge is 0.308 e. The Morgan fingerprint density at radius 1 is 0.606 bits per heavy atom. The molecule has 0 atom stereocenters. The fourth-order valence-electron chi connectivity index (χ4n) is 3.39. The van der Waals surface area contributed by atoms with E-state index in [1.54, 1.807) is 23.1 Å². The van der Waals surface area contributed by atoms with Crippen LogP contribution in [0, 0.1) is 6.92 Å². The third kappa shape index (κ3) is 5.57. The lowest BCUT2D eigenvalue weighted by atomic mass is 10.2. The average molecular weight is 437 g/mol. The molecule has 6 nitrogen and oxygen atoms in total. The second kappa shape index (κ2) is 10.2. The molecule has 0 aliphatic rings. The van der Waals surface area contributed by atoms with Gasteiger partial charge in [-0.1, -0.05) is 60.7 Å². The second-order valence-electron chi connectivity index (χ2n) is 7.43. The number of rotatable bonds is 5. The summed E-state index contributed by atoms with van der Waals surface area (Å²) in [6.07, 6.45) is 0. The maximum Gasteiger partial charge on any atom is 0.331 e. The van der Waals surface area contributed by atoms with Gasteiger partial charge in [0, 0.05) is 5.69 Å². The second-order valence-corrected chi connectivity index (χ2v) is 7.43. The molecular formula is C27H24N4O2. The minimum atomic E-state index is -0.398. The minimum Gasteiger partial charge on any atom is -0.308 e. The van der Waals surface area contributed by atoms with Crippen molar-refractivity contribution in [3.05, 3.63) is 115 Å². The number of para-hydroxylation sites is 3. The van der Waals surface area contributed by atoms with Crippen LogP contribution in [-0.4, -0.2) is 12.1 Å². The number of hydrogen-bond donors (Lipinski definition) is 3. The van der Waals surface area contributed by atoms with E-state index in [0.717, 1.165) is 16.9 Å². The van der Waals surface area contributed by atoms with Crippen LogP contribution in [0.3, 0.4) is 0 Å². The van der Waals surface area contributed by atoms with Crippen molar-refractivity contribution >= 4 is 40.5 Å². The van der Waals surface area contributed by atoms with Gasteiger partial charge in [0.15, 0.2) is 0 Å². The van der Waals surface area contributed by atoms with Crippen molar-refractivity contribution in [2.45, 2.75) is 6.92 Å². The topological polar surface area (TPSA) is 73.5 Å². The molecule has 4 aromatic rings. The molecule has 6 heteroatoms. The summed E-state index contributed by atoms with van der Waals surface area (Å²) >= 11 is 0. The van der Waals surface area contributed by atoms with Crippen LogP contribution in [0.15, 0.2) is 109 Å². The molecule has 4 amide bonds. The highest BCUT2D eigenvalue weighted by atomic mass is 16.2. The zero-order valence-electron chi connectivity index (χ0n) is 18.2.